The number of hydrogen-bond acceptors (Lipinski definition) is 4. The lowest BCUT2D eigenvalue weighted by Gasteiger charge is -2.17. The molecule has 0 radical (unpaired) electrons. The van der Waals surface area contributed by atoms with Crippen molar-refractivity contribution in [2.24, 2.45) is 5.92 Å². The Labute approximate surface area is 172 Å². The van der Waals surface area contributed by atoms with Crippen molar-refractivity contribution in [2.45, 2.75) is 13.3 Å². The van der Waals surface area contributed by atoms with E-state index < -0.39 is 24.4 Å². The Morgan fingerprint density at radius 2 is 1.86 bits per heavy atom. The lowest BCUT2D eigenvalue weighted by Crippen LogP contribution is -2.28. The summed E-state index contributed by atoms with van der Waals surface area (Å²) in [4.78, 5) is 38.1. The van der Waals surface area contributed by atoms with Crippen molar-refractivity contribution in [3.63, 3.8) is 0 Å². The van der Waals surface area contributed by atoms with Crippen LogP contribution in [-0.2, 0) is 19.1 Å². The number of rotatable bonds is 5. The molecule has 0 bridgehead atoms. The maximum absolute atomic E-state index is 12.3. The zero-order valence-corrected chi connectivity index (χ0v) is 16.6. The Bertz CT molecular complexity index is 932. The van der Waals surface area contributed by atoms with E-state index in [1.54, 1.807) is 49.4 Å². The van der Waals surface area contributed by atoms with Crippen LogP contribution in [0, 0.1) is 12.8 Å². The Hall–Kier alpha value is -2.57. The summed E-state index contributed by atoms with van der Waals surface area (Å²) in [5.74, 6) is -1.94. The average Bonchev–Trinajstić information content (AvgIpc) is 3.05. The van der Waals surface area contributed by atoms with Crippen LogP contribution >= 0.6 is 23.2 Å². The van der Waals surface area contributed by atoms with Crippen molar-refractivity contribution in [1.29, 1.82) is 0 Å². The lowest BCUT2D eigenvalue weighted by molar-refractivity contribution is -0.151. The zero-order chi connectivity index (χ0) is 20.3. The summed E-state index contributed by atoms with van der Waals surface area (Å²) in [5, 5.41) is 3.61. The number of hydrogen-bond donors (Lipinski definition) is 1. The number of ether oxygens (including phenoxy) is 1. The number of nitrogens with zero attached hydrogens (tertiary/aromatic N) is 1. The second kappa shape index (κ2) is 8.63. The van der Waals surface area contributed by atoms with Crippen LogP contribution in [0.2, 0.25) is 10.0 Å². The number of anilines is 2. The van der Waals surface area contributed by atoms with Gasteiger partial charge in [-0.2, -0.15) is 0 Å². The predicted molar refractivity (Wildman–Crippen MR) is 108 cm³/mol. The van der Waals surface area contributed by atoms with Gasteiger partial charge in [-0.05, 0) is 36.8 Å². The van der Waals surface area contributed by atoms with Crippen molar-refractivity contribution in [1.82, 2.24) is 0 Å². The maximum atomic E-state index is 12.3. The van der Waals surface area contributed by atoms with Gasteiger partial charge in [0.2, 0.25) is 5.91 Å². The van der Waals surface area contributed by atoms with Crippen LogP contribution in [-0.4, -0.2) is 30.9 Å². The molecular formula is C20H18Cl2N2O4. The van der Waals surface area contributed by atoms with Crippen LogP contribution in [0.1, 0.15) is 12.0 Å². The van der Waals surface area contributed by atoms with Crippen molar-refractivity contribution in [3.8, 4) is 0 Å². The molecule has 1 aliphatic heterocycles. The number of carbonyl (C=O) groups is 3. The molecule has 146 valence electrons. The molecule has 2 aromatic rings. The molecule has 1 saturated heterocycles. The van der Waals surface area contributed by atoms with Crippen molar-refractivity contribution >= 4 is 52.4 Å². The number of halogens is 2. The van der Waals surface area contributed by atoms with E-state index in [-0.39, 0.29) is 18.9 Å². The highest BCUT2D eigenvalue weighted by Crippen LogP contribution is 2.31. The SMILES string of the molecule is Cc1c(Cl)cccc1NC(=O)COC(=O)[C@H]1CC(=O)N(c2ccccc2Cl)C1. The molecule has 3 rings (SSSR count). The maximum Gasteiger partial charge on any atom is 0.311 e. The van der Waals surface area contributed by atoms with Crippen molar-refractivity contribution < 1.29 is 19.1 Å². The molecule has 1 heterocycles. The standard InChI is InChI=1S/C20H18Cl2N2O4/c1-12-14(21)6-4-7-16(12)23-18(25)11-28-20(27)13-9-19(26)24(10-13)17-8-3-2-5-15(17)22/h2-8,13H,9-11H2,1H3,(H,23,25)/t13-/m0/s1. The normalized spacial score (nSPS) is 16.2. The summed E-state index contributed by atoms with van der Waals surface area (Å²) in [6.45, 7) is 1.50. The lowest BCUT2D eigenvalue weighted by atomic mass is 10.1. The molecule has 6 nitrogen and oxygen atoms in total. The first-order valence-electron chi connectivity index (χ1n) is 8.63. The third kappa shape index (κ3) is 4.46. The summed E-state index contributed by atoms with van der Waals surface area (Å²) in [6.07, 6.45) is 0.0130. The van der Waals surface area contributed by atoms with Crippen LogP contribution in [0.4, 0.5) is 11.4 Å². The average molecular weight is 421 g/mol. The third-order valence-electron chi connectivity index (χ3n) is 4.49. The molecular weight excluding hydrogens is 403 g/mol. The van der Waals surface area contributed by atoms with Crippen LogP contribution in [0.15, 0.2) is 42.5 Å². The second-order valence-electron chi connectivity index (χ2n) is 6.43. The molecule has 0 saturated carbocycles. The fourth-order valence-corrected chi connectivity index (χ4v) is 3.36. The van der Waals surface area contributed by atoms with E-state index in [9.17, 15) is 14.4 Å². The van der Waals surface area contributed by atoms with Crippen LogP contribution in [0.3, 0.4) is 0 Å². The molecule has 1 N–H and O–H groups in total. The number of amides is 2. The smallest absolute Gasteiger partial charge is 0.311 e. The molecule has 1 aliphatic rings. The van der Waals surface area contributed by atoms with Gasteiger partial charge < -0.3 is 15.0 Å². The number of esters is 1. The van der Waals surface area contributed by atoms with Crippen LogP contribution in [0.5, 0.6) is 0 Å². The minimum Gasteiger partial charge on any atom is -0.455 e. The van der Waals surface area contributed by atoms with E-state index in [2.05, 4.69) is 5.32 Å². The molecule has 0 spiro atoms. The number of carbonyl (C=O) groups excluding carboxylic acids is 3. The van der Waals surface area contributed by atoms with E-state index >= 15 is 0 Å². The molecule has 2 amide bonds. The molecule has 8 heteroatoms. The highest BCUT2D eigenvalue weighted by Gasteiger charge is 2.37. The third-order valence-corrected chi connectivity index (χ3v) is 5.22. The summed E-state index contributed by atoms with van der Waals surface area (Å²) in [7, 11) is 0. The summed E-state index contributed by atoms with van der Waals surface area (Å²) in [6, 6.07) is 12.1. The monoisotopic (exact) mass is 420 g/mol. The van der Waals surface area contributed by atoms with E-state index in [4.69, 9.17) is 27.9 Å². The summed E-state index contributed by atoms with van der Waals surface area (Å²) >= 11 is 12.1. The van der Waals surface area contributed by atoms with Gasteiger partial charge in [0.15, 0.2) is 6.61 Å². The van der Waals surface area contributed by atoms with Gasteiger partial charge in [0.1, 0.15) is 0 Å². The highest BCUT2D eigenvalue weighted by atomic mass is 35.5. The molecule has 0 unspecified atom stereocenters. The van der Waals surface area contributed by atoms with Gasteiger partial charge in [-0.25, -0.2) is 0 Å². The zero-order valence-electron chi connectivity index (χ0n) is 15.1. The van der Waals surface area contributed by atoms with Gasteiger partial charge in [0.05, 0.1) is 16.6 Å². The van der Waals surface area contributed by atoms with E-state index in [1.165, 1.54) is 4.90 Å². The molecule has 0 aliphatic carbocycles. The summed E-state index contributed by atoms with van der Waals surface area (Å²) < 4.78 is 5.10. The largest absolute Gasteiger partial charge is 0.455 e. The Kier molecular flexibility index (Phi) is 6.21. The Morgan fingerprint density at radius 1 is 1.14 bits per heavy atom. The molecule has 0 aromatic heterocycles. The summed E-state index contributed by atoms with van der Waals surface area (Å²) in [5.41, 5.74) is 1.83. The molecule has 2 aromatic carbocycles. The highest BCUT2D eigenvalue weighted by molar-refractivity contribution is 6.34. The first-order valence-corrected chi connectivity index (χ1v) is 9.39. The van der Waals surface area contributed by atoms with E-state index in [1.807, 2.05) is 0 Å². The minimum absolute atomic E-state index is 0.0130. The molecule has 28 heavy (non-hydrogen) atoms. The van der Waals surface area contributed by atoms with E-state index in [0.29, 0.717) is 21.4 Å². The molecule has 1 fully saturated rings. The van der Waals surface area contributed by atoms with Gasteiger partial charge in [-0.3, -0.25) is 14.4 Å². The van der Waals surface area contributed by atoms with Gasteiger partial charge in [0.25, 0.3) is 5.91 Å². The predicted octanol–water partition coefficient (Wildman–Crippen LogP) is 3.84. The van der Waals surface area contributed by atoms with Crippen molar-refractivity contribution in [3.05, 3.63) is 58.1 Å². The first-order chi connectivity index (χ1) is 13.4. The minimum atomic E-state index is -0.649. The van der Waals surface area contributed by atoms with Gasteiger partial charge >= 0.3 is 5.97 Å². The topological polar surface area (TPSA) is 75.7 Å². The van der Waals surface area contributed by atoms with Crippen molar-refractivity contribution in [2.75, 3.05) is 23.4 Å². The number of para-hydroxylation sites is 1. The second-order valence-corrected chi connectivity index (χ2v) is 7.24. The fourth-order valence-electron chi connectivity index (χ4n) is 2.95. The Morgan fingerprint density at radius 3 is 2.61 bits per heavy atom. The number of nitrogens with one attached hydrogen (secondary N) is 1. The Balaban J connectivity index is 1.55. The fraction of sp³-hybridized carbons (Fsp3) is 0.250. The van der Waals surface area contributed by atoms with Gasteiger partial charge in [-0.15, -0.1) is 0 Å². The van der Waals surface area contributed by atoms with Crippen LogP contribution in [0.25, 0.3) is 0 Å². The van der Waals surface area contributed by atoms with E-state index in [0.717, 1.165) is 5.56 Å². The quantitative estimate of drug-likeness (QED) is 0.745. The molecule has 1 atom stereocenters. The van der Waals surface area contributed by atoms with Crippen LogP contribution < -0.4 is 10.2 Å². The van der Waals surface area contributed by atoms with Gasteiger partial charge in [-0.1, -0.05) is 41.4 Å². The number of benzene rings is 2. The first kappa shape index (κ1) is 20.2. The van der Waals surface area contributed by atoms with Gasteiger partial charge in [0, 0.05) is 23.7 Å².